The van der Waals surface area contributed by atoms with Crippen LogP contribution in [0.3, 0.4) is 0 Å². The number of aromatic nitrogens is 1. The van der Waals surface area contributed by atoms with Gasteiger partial charge in [0.1, 0.15) is 0 Å². The number of hydrogen-bond acceptors (Lipinski definition) is 1. The van der Waals surface area contributed by atoms with E-state index in [1.165, 1.54) is 77.8 Å². The van der Waals surface area contributed by atoms with Gasteiger partial charge in [0.05, 0.1) is 11.0 Å². The zero-order chi connectivity index (χ0) is 36.0. The van der Waals surface area contributed by atoms with Crippen LogP contribution in [0.5, 0.6) is 0 Å². The highest BCUT2D eigenvalue weighted by molar-refractivity contribution is 6.10. The normalized spacial score (nSPS) is 18.4. The van der Waals surface area contributed by atoms with Crippen molar-refractivity contribution in [3.63, 3.8) is 0 Å². The first kappa shape index (κ1) is 32.3. The SMILES string of the molecule is C=C1c2ccccc2C(C)(C)C1(C)C/C(=C\C)N(c1ccc2c(c1)C(C)(C)c1ccccc1-2)c1ccc2c(c1)c1ccccc1n2-c1ccccc1. The lowest BCUT2D eigenvalue weighted by Crippen LogP contribution is -2.37. The Morgan fingerprint density at radius 2 is 1.19 bits per heavy atom. The average molecular weight is 675 g/mol. The Bertz CT molecular complexity index is 2600. The van der Waals surface area contributed by atoms with E-state index in [2.05, 4.69) is 197 Å². The summed E-state index contributed by atoms with van der Waals surface area (Å²) in [7, 11) is 0. The minimum atomic E-state index is -0.198. The van der Waals surface area contributed by atoms with Crippen LogP contribution < -0.4 is 4.90 Å². The molecule has 0 saturated carbocycles. The molecular weight excluding hydrogens is 629 g/mol. The molecule has 2 nitrogen and oxygen atoms in total. The second-order valence-corrected chi connectivity index (χ2v) is 16.1. The molecule has 0 radical (unpaired) electrons. The lowest BCUT2D eigenvalue weighted by atomic mass is 9.63. The van der Waals surface area contributed by atoms with Crippen molar-refractivity contribution in [3.8, 4) is 16.8 Å². The first-order valence-corrected chi connectivity index (χ1v) is 18.6. The summed E-state index contributed by atoms with van der Waals surface area (Å²) >= 11 is 0. The third-order valence-electron chi connectivity index (χ3n) is 12.9. The third kappa shape index (κ3) is 4.43. The van der Waals surface area contributed by atoms with Crippen LogP contribution in [0.1, 0.15) is 70.2 Å². The first-order chi connectivity index (χ1) is 25.1. The molecule has 0 amide bonds. The van der Waals surface area contributed by atoms with Crippen molar-refractivity contribution in [2.75, 3.05) is 4.90 Å². The molecule has 0 spiro atoms. The fourth-order valence-corrected chi connectivity index (χ4v) is 9.53. The minimum absolute atomic E-state index is 0.102. The Labute approximate surface area is 308 Å². The van der Waals surface area contributed by atoms with Gasteiger partial charge >= 0.3 is 0 Å². The number of fused-ring (bicyclic) bond motifs is 7. The van der Waals surface area contributed by atoms with Gasteiger partial charge in [-0.2, -0.15) is 0 Å². The number of anilines is 2. The van der Waals surface area contributed by atoms with Crippen LogP contribution in [0, 0.1) is 5.41 Å². The van der Waals surface area contributed by atoms with Gasteiger partial charge in [0.2, 0.25) is 0 Å². The number of nitrogens with zero attached hydrogens (tertiary/aromatic N) is 2. The summed E-state index contributed by atoms with van der Waals surface area (Å²) < 4.78 is 2.40. The number of benzene rings is 6. The molecule has 0 bridgehead atoms. The average Bonchev–Trinajstić information content (AvgIpc) is 3.67. The van der Waals surface area contributed by atoms with Crippen molar-refractivity contribution in [1.29, 1.82) is 0 Å². The van der Waals surface area contributed by atoms with Crippen molar-refractivity contribution >= 4 is 38.8 Å². The van der Waals surface area contributed by atoms with E-state index >= 15 is 0 Å². The monoisotopic (exact) mass is 674 g/mol. The molecule has 9 rings (SSSR count). The van der Waals surface area contributed by atoms with E-state index in [9.17, 15) is 0 Å². The Kier molecular flexibility index (Phi) is 7.12. The second-order valence-electron chi connectivity index (χ2n) is 16.1. The molecule has 7 aromatic rings. The van der Waals surface area contributed by atoms with Crippen LogP contribution in [0.4, 0.5) is 11.4 Å². The first-order valence-electron chi connectivity index (χ1n) is 18.6. The van der Waals surface area contributed by atoms with Crippen molar-refractivity contribution < 1.29 is 0 Å². The molecule has 1 atom stereocenters. The Hall–Kier alpha value is -5.60. The largest absolute Gasteiger partial charge is 0.314 e. The van der Waals surface area contributed by atoms with Gasteiger partial charge in [0.15, 0.2) is 0 Å². The zero-order valence-corrected chi connectivity index (χ0v) is 31.2. The standard InChI is InChI=1S/C50H46N2/c1-8-34(32-50(7)33(2)38-20-12-16-24-44(38)49(50,5)6)51(37-26-28-40-39-21-13-15-23-43(39)48(3,4)45(40)31-37)36-27-29-47-42(30-36)41-22-14-17-25-46(41)52(47)35-18-10-9-11-19-35/h8-31H,2,32H2,1,3-7H3/b34-8+. The van der Waals surface area contributed by atoms with Crippen LogP contribution in [-0.2, 0) is 10.8 Å². The number of para-hydroxylation sites is 2. The maximum Gasteiger partial charge on any atom is 0.0542 e. The molecule has 1 aromatic heterocycles. The molecule has 2 aliphatic rings. The maximum absolute atomic E-state index is 4.78. The van der Waals surface area contributed by atoms with Crippen molar-refractivity contribution in [2.45, 2.75) is 58.8 Å². The quantitative estimate of drug-likeness (QED) is 0.170. The highest BCUT2D eigenvalue weighted by Crippen LogP contribution is 2.61. The topological polar surface area (TPSA) is 8.17 Å². The number of hydrogen-bond donors (Lipinski definition) is 0. The summed E-state index contributed by atoms with van der Waals surface area (Å²) in [5, 5.41) is 2.50. The smallest absolute Gasteiger partial charge is 0.0542 e. The van der Waals surface area contributed by atoms with Crippen LogP contribution in [-0.4, -0.2) is 4.57 Å². The van der Waals surface area contributed by atoms with Crippen molar-refractivity contribution in [1.82, 2.24) is 4.57 Å². The van der Waals surface area contributed by atoms with E-state index in [1.807, 2.05) is 0 Å². The van der Waals surface area contributed by atoms with E-state index in [-0.39, 0.29) is 16.2 Å². The predicted octanol–water partition coefficient (Wildman–Crippen LogP) is 13.5. The van der Waals surface area contributed by atoms with Gasteiger partial charge in [0.25, 0.3) is 0 Å². The number of rotatable bonds is 6. The molecule has 0 aliphatic heterocycles. The molecule has 2 aliphatic carbocycles. The van der Waals surface area contributed by atoms with Gasteiger partial charge < -0.3 is 9.47 Å². The fraction of sp³-hybridized carbons (Fsp3) is 0.200. The molecule has 1 unspecified atom stereocenters. The predicted molar refractivity (Wildman–Crippen MR) is 222 cm³/mol. The van der Waals surface area contributed by atoms with E-state index in [4.69, 9.17) is 6.58 Å². The molecule has 0 N–H and O–H groups in total. The van der Waals surface area contributed by atoms with Gasteiger partial charge in [-0.25, -0.2) is 0 Å². The highest BCUT2D eigenvalue weighted by atomic mass is 15.2. The molecule has 0 saturated heterocycles. The summed E-state index contributed by atoms with van der Waals surface area (Å²) in [6, 6.07) is 51.5. The van der Waals surface area contributed by atoms with Gasteiger partial charge in [-0.15, -0.1) is 0 Å². The third-order valence-corrected chi connectivity index (χ3v) is 12.9. The van der Waals surface area contributed by atoms with Crippen LogP contribution >= 0.6 is 0 Å². The molecule has 0 fully saturated rings. The van der Waals surface area contributed by atoms with E-state index in [0.717, 1.165) is 12.1 Å². The fourth-order valence-electron chi connectivity index (χ4n) is 9.53. The zero-order valence-electron chi connectivity index (χ0n) is 31.2. The van der Waals surface area contributed by atoms with Crippen LogP contribution in [0.15, 0.2) is 158 Å². The lowest BCUT2D eigenvalue weighted by Gasteiger charge is -2.43. The highest BCUT2D eigenvalue weighted by Gasteiger charge is 2.51. The molecule has 2 heteroatoms. The van der Waals surface area contributed by atoms with Gasteiger partial charge in [-0.05, 0) is 101 Å². The molecule has 1 heterocycles. The maximum atomic E-state index is 4.78. The van der Waals surface area contributed by atoms with E-state index in [0.29, 0.717) is 0 Å². The minimum Gasteiger partial charge on any atom is -0.314 e. The summed E-state index contributed by atoms with van der Waals surface area (Å²) in [6.45, 7) is 19.0. The molecule has 256 valence electrons. The molecular formula is C50H46N2. The van der Waals surface area contributed by atoms with Crippen molar-refractivity contribution in [3.05, 3.63) is 180 Å². The Balaban J connectivity index is 1.25. The number of allylic oxidation sites excluding steroid dienone is 3. The van der Waals surface area contributed by atoms with Crippen LogP contribution in [0.2, 0.25) is 0 Å². The second kappa shape index (κ2) is 11.5. The molecule has 52 heavy (non-hydrogen) atoms. The molecule has 6 aromatic carbocycles. The van der Waals surface area contributed by atoms with Gasteiger partial charge in [-0.1, -0.05) is 138 Å². The lowest BCUT2D eigenvalue weighted by molar-refractivity contribution is 0.267. The van der Waals surface area contributed by atoms with Crippen LogP contribution in [0.25, 0.3) is 44.2 Å². The Morgan fingerprint density at radius 3 is 1.94 bits per heavy atom. The Morgan fingerprint density at radius 1 is 0.596 bits per heavy atom. The summed E-state index contributed by atoms with van der Waals surface area (Å²) in [5.41, 5.74) is 16.1. The van der Waals surface area contributed by atoms with E-state index < -0.39 is 0 Å². The van der Waals surface area contributed by atoms with Gasteiger partial charge in [0, 0.05) is 49.8 Å². The van der Waals surface area contributed by atoms with Gasteiger partial charge in [-0.3, -0.25) is 0 Å². The summed E-state index contributed by atoms with van der Waals surface area (Å²) in [5.74, 6) is 0. The summed E-state index contributed by atoms with van der Waals surface area (Å²) in [4.78, 5) is 2.53. The van der Waals surface area contributed by atoms with E-state index in [1.54, 1.807) is 0 Å². The summed E-state index contributed by atoms with van der Waals surface area (Å²) in [6.07, 6.45) is 3.18. The van der Waals surface area contributed by atoms with Crippen molar-refractivity contribution in [2.24, 2.45) is 5.41 Å².